The first-order valence-electron chi connectivity index (χ1n) is 10.6. The number of ether oxygens (including phenoxy) is 2. The lowest BCUT2D eigenvalue weighted by atomic mass is 9.98. The van der Waals surface area contributed by atoms with Crippen LogP contribution in [0, 0.1) is 11.8 Å². The number of halogens is 1. The Hall–Kier alpha value is -0.710. The van der Waals surface area contributed by atoms with E-state index in [1.807, 2.05) is 6.92 Å². The molecule has 0 aromatic heterocycles. The van der Waals surface area contributed by atoms with Gasteiger partial charge in [0.15, 0.2) is 0 Å². The summed E-state index contributed by atoms with van der Waals surface area (Å²) in [7, 11) is -1.68. The third-order valence-electron chi connectivity index (χ3n) is 6.03. The van der Waals surface area contributed by atoms with E-state index in [2.05, 4.69) is 27.9 Å². The Kier molecular flexibility index (Phi) is 8.20. The molecule has 0 aliphatic carbocycles. The van der Waals surface area contributed by atoms with Crippen LogP contribution in [0.25, 0.3) is 0 Å². The molecule has 1 aromatic rings. The zero-order chi connectivity index (χ0) is 21.9. The van der Waals surface area contributed by atoms with Crippen LogP contribution in [0.1, 0.15) is 26.7 Å². The van der Waals surface area contributed by atoms with Crippen LogP contribution in [0.5, 0.6) is 5.75 Å². The van der Waals surface area contributed by atoms with Crippen molar-refractivity contribution in [3.63, 3.8) is 0 Å². The van der Waals surface area contributed by atoms with Crippen LogP contribution in [0.3, 0.4) is 0 Å². The molecule has 1 aromatic carbocycles. The van der Waals surface area contributed by atoms with Crippen molar-refractivity contribution in [1.29, 1.82) is 0 Å². The molecule has 170 valence electrons. The number of sulfonamides is 1. The van der Waals surface area contributed by atoms with Gasteiger partial charge in [0, 0.05) is 49.3 Å². The second-order valence-electron chi connectivity index (χ2n) is 8.61. The summed E-state index contributed by atoms with van der Waals surface area (Å²) >= 11 is 3.43. The summed E-state index contributed by atoms with van der Waals surface area (Å²) in [6.45, 7) is 7.13. The lowest BCUT2D eigenvalue weighted by Gasteiger charge is -2.38. The Balaban J connectivity index is 1.86. The van der Waals surface area contributed by atoms with Gasteiger partial charge in [0.25, 0.3) is 0 Å². The van der Waals surface area contributed by atoms with Crippen LogP contribution < -0.4 is 4.74 Å². The van der Waals surface area contributed by atoms with E-state index in [0.717, 1.165) is 37.1 Å². The molecule has 3 rings (SSSR count). The highest BCUT2D eigenvalue weighted by molar-refractivity contribution is 9.10. The number of aliphatic hydroxyl groups is 1. The molecule has 0 unspecified atom stereocenters. The molecule has 1 N–H and O–H groups in total. The van der Waals surface area contributed by atoms with Crippen molar-refractivity contribution < 1.29 is 23.0 Å². The van der Waals surface area contributed by atoms with E-state index >= 15 is 0 Å². The molecule has 30 heavy (non-hydrogen) atoms. The maximum atomic E-state index is 13.3. The fourth-order valence-electron chi connectivity index (χ4n) is 4.17. The first-order chi connectivity index (χ1) is 14.2. The van der Waals surface area contributed by atoms with Gasteiger partial charge >= 0.3 is 0 Å². The van der Waals surface area contributed by atoms with Gasteiger partial charge < -0.3 is 19.5 Å². The third-order valence-corrected chi connectivity index (χ3v) is 8.54. The van der Waals surface area contributed by atoms with Gasteiger partial charge in [-0.05, 0) is 50.9 Å². The normalized spacial score (nSPS) is 26.5. The topological polar surface area (TPSA) is 79.3 Å². The third kappa shape index (κ3) is 5.55. The standard InChI is InChI=1S/C21H33BrN2O5S/c1-15-11-24(16(2)14-25)30(26,27)21-5-4-18(22)10-19(21)29-20(15)13-23(3)12-17-6-8-28-9-7-17/h4-5,10,15-17,20,25H,6-9,11-14H2,1-3H3/t15-,16-,20-/m1/s1. The van der Waals surface area contributed by atoms with Crippen LogP contribution in [-0.2, 0) is 14.8 Å². The van der Waals surface area contributed by atoms with E-state index in [1.54, 1.807) is 25.1 Å². The molecule has 2 aliphatic heterocycles. The summed E-state index contributed by atoms with van der Waals surface area (Å²) in [5, 5.41) is 9.69. The van der Waals surface area contributed by atoms with Crippen LogP contribution in [0.4, 0.5) is 0 Å². The molecular weight excluding hydrogens is 472 g/mol. The zero-order valence-corrected chi connectivity index (χ0v) is 20.4. The predicted molar refractivity (Wildman–Crippen MR) is 119 cm³/mol. The first kappa shape index (κ1) is 23.9. The van der Waals surface area contributed by atoms with Crippen LogP contribution in [-0.4, -0.2) is 81.4 Å². The van der Waals surface area contributed by atoms with Crippen LogP contribution in [0.15, 0.2) is 27.6 Å². The number of fused-ring (bicyclic) bond motifs is 1. The molecular formula is C21H33BrN2O5S. The van der Waals surface area contributed by atoms with Crippen molar-refractivity contribution in [1.82, 2.24) is 9.21 Å². The monoisotopic (exact) mass is 504 g/mol. The molecule has 1 fully saturated rings. The largest absolute Gasteiger partial charge is 0.487 e. The Labute approximate surface area is 188 Å². The summed E-state index contributed by atoms with van der Waals surface area (Å²) in [5.41, 5.74) is 0. The SMILES string of the molecule is C[C@@H]1CN([C@H](C)CO)S(=O)(=O)c2ccc(Br)cc2O[C@@H]1CN(C)CC1CCOCC1. The van der Waals surface area contributed by atoms with Gasteiger partial charge in [-0.15, -0.1) is 0 Å². The van der Waals surface area contributed by atoms with Gasteiger partial charge in [-0.2, -0.15) is 4.31 Å². The molecule has 7 nitrogen and oxygen atoms in total. The fourth-order valence-corrected chi connectivity index (χ4v) is 6.33. The molecule has 0 amide bonds. The van der Waals surface area contributed by atoms with Gasteiger partial charge in [0.1, 0.15) is 16.7 Å². The summed E-state index contributed by atoms with van der Waals surface area (Å²) in [6.07, 6.45) is 1.97. The van der Waals surface area contributed by atoms with E-state index in [1.165, 1.54) is 4.31 Å². The van der Waals surface area contributed by atoms with E-state index in [0.29, 0.717) is 24.8 Å². The van der Waals surface area contributed by atoms with E-state index < -0.39 is 16.1 Å². The van der Waals surface area contributed by atoms with Crippen molar-refractivity contribution in [2.24, 2.45) is 11.8 Å². The second kappa shape index (κ2) is 10.3. The van der Waals surface area contributed by atoms with Crippen molar-refractivity contribution in [3.05, 3.63) is 22.7 Å². The van der Waals surface area contributed by atoms with E-state index in [-0.39, 0.29) is 23.5 Å². The Morgan fingerprint density at radius 3 is 2.67 bits per heavy atom. The number of nitrogens with zero attached hydrogens (tertiary/aromatic N) is 2. The zero-order valence-electron chi connectivity index (χ0n) is 18.0. The fraction of sp³-hybridized carbons (Fsp3) is 0.714. The number of hydrogen-bond donors (Lipinski definition) is 1. The predicted octanol–water partition coefficient (Wildman–Crippen LogP) is 2.58. The summed E-state index contributed by atoms with van der Waals surface area (Å²) < 4.78 is 40.6. The molecule has 2 aliphatic rings. The van der Waals surface area contributed by atoms with Gasteiger partial charge in [0.2, 0.25) is 10.0 Å². The van der Waals surface area contributed by atoms with Crippen LogP contribution in [0.2, 0.25) is 0 Å². The maximum Gasteiger partial charge on any atom is 0.247 e. The quantitative estimate of drug-likeness (QED) is 0.641. The molecule has 2 heterocycles. The lowest BCUT2D eigenvalue weighted by molar-refractivity contribution is 0.0402. The molecule has 0 saturated carbocycles. The van der Waals surface area contributed by atoms with Crippen molar-refractivity contribution in [3.8, 4) is 5.75 Å². The second-order valence-corrected chi connectivity index (χ2v) is 11.4. The van der Waals surface area contributed by atoms with Crippen molar-refractivity contribution in [2.75, 3.05) is 46.5 Å². The number of aliphatic hydroxyl groups excluding tert-OH is 1. The van der Waals surface area contributed by atoms with Crippen molar-refractivity contribution in [2.45, 2.75) is 43.7 Å². The Bertz CT molecular complexity index is 816. The smallest absolute Gasteiger partial charge is 0.247 e. The Morgan fingerprint density at radius 2 is 2.00 bits per heavy atom. The summed E-state index contributed by atoms with van der Waals surface area (Å²) in [5.74, 6) is 0.925. The Morgan fingerprint density at radius 1 is 1.30 bits per heavy atom. The minimum Gasteiger partial charge on any atom is -0.487 e. The summed E-state index contributed by atoms with van der Waals surface area (Å²) in [6, 6.07) is 4.49. The molecule has 1 saturated heterocycles. The van der Waals surface area contributed by atoms with Gasteiger partial charge in [-0.3, -0.25) is 0 Å². The highest BCUT2D eigenvalue weighted by Gasteiger charge is 2.38. The van der Waals surface area contributed by atoms with Gasteiger partial charge in [0.05, 0.1) is 6.61 Å². The molecule has 0 bridgehead atoms. The molecule has 0 spiro atoms. The van der Waals surface area contributed by atoms with E-state index in [9.17, 15) is 13.5 Å². The maximum absolute atomic E-state index is 13.3. The highest BCUT2D eigenvalue weighted by atomic mass is 79.9. The number of benzene rings is 1. The minimum absolute atomic E-state index is 0.0435. The minimum atomic E-state index is -3.78. The number of hydrogen-bond acceptors (Lipinski definition) is 6. The van der Waals surface area contributed by atoms with Gasteiger partial charge in [-0.25, -0.2) is 8.42 Å². The van der Waals surface area contributed by atoms with Crippen LogP contribution >= 0.6 is 15.9 Å². The number of likely N-dealkylation sites (N-methyl/N-ethyl adjacent to an activating group) is 1. The summed E-state index contributed by atoms with van der Waals surface area (Å²) in [4.78, 5) is 2.43. The lowest BCUT2D eigenvalue weighted by Crippen LogP contribution is -2.50. The average Bonchev–Trinajstić information content (AvgIpc) is 2.70. The highest BCUT2D eigenvalue weighted by Crippen LogP contribution is 2.35. The number of rotatable bonds is 6. The molecule has 9 heteroatoms. The van der Waals surface area contributed by atoms with Gasteiger partial charge in [-0.1, -0.05) is 22.9 Å². The average molecular weight is 505 g/mol. The molecule has 3 atom stereocenters. The first-order valence-corrected chi connectivity index (χ1v) is 12.8. The van der Waals surface area contributed by atoms with E-state index in [4.69, 9.17) is 9.47 Å². The molecule has 0 radical (unpaired) electrons. The van der Waals surface area contributed by atoms with Crippen molar-refractivity contribution >= 4 is 26.0 Å².